The molecule has 1 N–H and O–H groups in total. The maximum absolute atomic E-state index is 10.0. The highest BCUT2D eigenvalue weighted by Gasteiger charge is 2.48. The lowest BCUT2D eigenvalue weighted by molar-refractivity contribution is 0.0858. The van der Waals surface area contributed by atoms with Crippen molar-refractivity contribution in [2.45, 2.75) is 32.3 Å². The van der Waals surface area contributed by atoms with Crippen molar-refractivity contribution in [1.82, 2.24) is 9.97 Å². The van der Waals surface area contributed by atoms with E-state index in [-0.39, 0.29) is 5.41 Å². The average Bonchev–Trinajstić information content (AvgIpc) is 2.99. The fourth-order valence-electron chi connectivity index (χ4n) is 1.75. The van der Waals surface area contributed by atoms with Gasteiger partial charge in [0, 0.05) is 17.8 Å². The first-order valence-electron chi connectivity index (χ1n) is 4.72. The highest BCUT2D eigenvalue weighted by atomic mass is 16.3. The van der Waals surface area contributed by atoms with E-state index < -0.39 is 6.10 Å². The van der Waals surface area contributed by atoms with Crippen LogP contribution in [0.2, 0.25) is 0 Å². The first-order valence-corrected chi connectivity index (χ1v) is 4.72. The molecule has 0 bridgehead atoms. The highest BCUT2D eigenvalue weighted by molar-refractivity contribution is 5.10. The number of nitrogens with zero attached hydrogens (tertiary/aromatic N) is 2. The van der Waals surface area contributed by atoms with E-state index in [1.807, 2.05) is 0 Å². The lowest BCUT2D eigenvalue weighted by Crippen LogP contribution is -2.14. The molecule has 70 valence electrons. The standard InChI is InChI=1S/C10H14N2O/c1-2-10(3-4-10)9(13)8-7-11-5-6-12-8/h5-7,9,13H,2-4H2,1H3. The molecule has 0 saturated heterocycles. The molecule has 0 aliphatic heterocycles. The number of hydrogen-bond donors (Lipinski definition) is 1. The Kier molecular flexibility index (Phi) is 2.04. The quantitative estimate of drug-likeness (QED) is 0.766. The Morgan fingerprint density at radius 1 is 1.54 bits per heavy atom. The Morgan fingerprint density at radius 3 is 2.77 bits per heavy atom. The van der Waals surface area contributed by atoms with Crippen molar-refractivity contribution in [2.24, 2.45) is 5.41 Å². The Bertz CT molecular complexity index is 282. The number of hydrogen-bond acceptors (Lipinski definition) is 3. The Morgan fingerprint density at radius 2 is 2.31 bits per heavy atom. The number of aliphatic hydroxyl groups is 1. The van der Waals surface area contributed by atoms with Crippen molar-refractivity contribution in [1.29, 1.82) is 0 Å². The molecule has 13 heavy (non-hydrogen) atoms. The molecule has 0 radical (unpaired) electrons. The van der Waals surface area contributed by atoms with E-state index in [1.54, 1.807) is 18.6 Å². The molecule has 0 spiro atoms. The molecule has 1 atom stereocenters. The monoisotopic (exact) mass is 178 g/mol. The van der Waals surface area contributed by atoms with Crippen molar-refractivity contribution in [3.05, 3.63) is 24.3 Å². The molecule has 1 aromatic heterocycles. The second kappa shape index (κ2) is 3.07. The van der Waals surface area contributed by atoms with Crippen molar-refractivity contribution >= 4 is 0 Å². The first kappa shape index (κ1) is 8.63. The minimum Gasteiger partial charge on any atom is -0.386 e. The van der Waals surface area contributed by atoms with Crippen LogP contribution in [-0.4, -0.2) is 15.1 Å². The van der Waals surface area contributed by atoms with Gasteiger partial charge in [-0.05, 0) is 19.3 Å². The SMILES string of the molecule is CCC1(C(O)c2cnccn2)CC1. The number of aliphatic hydroxyl groups excluding tert-OH is 1. The average molecular weight is 178 g/mol. The second-order valence-corrected chi connectivity index (χ2v) is 3.75. The molecule has 1 aliphatic rings. The van der Waals surface area contributed by atoms with Gasteiger partial charge in [0.1, 0.15) is 6.10 Å². The predicted octanol–water partition coefficient (Wildman–Crippen LogP) is 1.70. The zero-order valence-corrected chi connectivity index (χ0v) is 7.77. The molecule has 1 saturated carbocycles. The van der Waals surface area contributed by atoms with Gasteiger partial charge in [-0.25, -0.2) is 0 Å². The molecule has 1 unspecified atom stereocenters. The maximum atomic E-state index is 10.0. The topological polar surface area (TPSA) is 46.0 Å². The number of rotatable bonds is 3. The molecule has 1 heterocycles. The lowest BCUT2D eigenvalue weighted by Gasteiger charge is -2.19. The first-order chi connectivity index (χ1) is 6.28. The van der Waals surface area contributed by atoms with Crippen molar-refractivity contribution < 1.29 is 5.11 Å². The Hall–Kier alpha value is -0.960. The van der Waals surface area contributed by atoms with Crippen LogP contribution >= 0.6 is 0 Å². The minimum atomic E-state index is -0.425. The van der Waals surface area contributed by atoms with Gasteiger partial charge in [0.05, 0.1) is 11.9 Å². The summed E-state index contributed by atoms with van der Waals surface area (Å²) in [4.78, 5) is 8.08. The fraction of sp³-hybridized carbons (Fsp3) is 0.600. The van der Waals surface area contributed by atoms with Crippen LogP contribution in [0.15, 0.2) is 18.6 Å². The summed E-state index contributed by atoms with van der Waals surface area (Å²) in [7, 11) is 0. The van der Waals surface area contributed by atoms with Crippen LogP contribution in [0, 0.1) is 5.41 Å². The van der Waals surface area contributed by atoms with Gasteiger partial charge in [-0.1, -0.05) is 6.92 Å². The third-order valence-electron chi connectivity index (χ3n) is 3.04. The molecule has 0 amide bonds. The lowest BCUT2D eigenvalue weighted by atomic mass is 9.94. The van der Waals surface area contributed by atoms with Gasteiger partial charge in [0.25, 0.3) is 0 Å². The maximum Gasteiger partial charge on any atom is 0.103 e. The predicted molar refractivity (Wildman–Crippen MR) is 48.9 cm³/mol. The van der Waals surface area contributed by atoms with E-state index >= 15 is 0 Å². The minimum absolute atomic E-state index is 0.107. The van der Waals surface area contributed by atoms with Gasteiger partial charge in [0.15, 0.2) is 0 Å². The molecule has 1 aliphatic carbocycles. The third kappa shape index (κ3) is 1.44. The van der Waals surface area contributed by atoms with Crippen molar-refractivity contribution in [2.75, 3.05) is 0 Å². The molecule has 0 aromatic carbocycles. The molecule has 2 rings (SSSR count). The fourth-order valence-corrected chi connectivity index (χ4v) is 1.75. The van der Waals surface area contributed by atoms with E-state index in [4.69, 9.17) is 0 Å². The zero-order chi connectivity index (χ0) is 9.31. The zero-order valence-electron chi connectivity index (χ0n) is 7.77. The molecule has 3 heteroatoms. The van der Waals surface area contributed by atoms with E-state index in [1.165, 1.54) is 0 Å². The third-order valence-corrected chi connectivity index (χ3v) is 3.04. The second-order valence-electron chi connectivity index (χ2n) is 3.75. The molecule has 1 aromatic rings. The molecular formula is C10H14N2O. The van der Waals surface area contributed by atoms with E-state index in [0.717, 1.165) is 19.3 Å². The molecular weight excluding hydrogens is 164 g/mol. The summed E-state index contributed by atoms with van der Waals surface area (Å²) in [6.45, 7) is 2.12. The molecule has 1 fully saturated rings. The van der Waals surface area contributed by atoms with Crippen molar-refractivity contribution in [3.8, 4) is 0 Å². The van der Waals surface area contributed by atoms with Gasteiger partial charge in [-0.3, -0.25) is 9.97 Å². The largest absolute Gasteiger partial charge is 0.386 e. The summed E-state index contributed by atoms with van der Waals surface area (Å²) in [5.41, 5.74) is 0.817. The highest BCUT2D eigenvalue weighted by Crippen LogP contribution is 2.56. The normalized spacial score (nSPS) is 21.1. The Labute approximate surface area is 77.8 Å². The van der Waals surface area contributed by atoms with Gasteiger partial charge in [0.2, 0.25) is 0 Å². The Balaban J connectivity index is 2.18. The van der Waals surface area contributed by atoms with Gasteiger partial charge in [-0.2, -0.15) is 0 Å². The van der Waals surface area contributed by atoms with E-state index in [2.05, 4.69) is 16.9 Å². The summed E-state index contributed by atoms with van der Waals surface area (Å²) >= 11 is 0. The van der Waals surface area contributed by atoms with E-state index in [0.29, 0.717) is 5.69 Å². The van der Waals surface area contributed by atoms with Crippen LogP contribution < -0.4 is 0 Å². The van der Waals surface area contributed by atoms with E-state index in [9.17, 15) is 5.11 Å². The molecule has 3 nitrogen and oxygen atoms in total. The summed E-state index contributed by atoms with van der Waals surface area (Å²) < 4.78 is 0. The van der Waals surface area contributed by atoms with Crippen LogP contribution in [-0.2, 0) is 0 Å². The van der Waals surface area contributed by atoms with Gasteiger partial charge < -0.3 is 5.11 Å². The summed E-state index contributed by atoms with van der Waals surface area (Å²) in [5.74, 6) is 0. The summed E-state index contributed by atoms with van der Waals surface area (Å²) in [5, 5.41) is 10.0. The van der Waals surface area contributed by atoms with Gasteiger partial charge >= 0.3 is 0 Å². The van der Waals surface area contributed by atoms with Crippen LogP contribution in [0.1, 0.15) is 38.0 Å². The van der Waals surface area contributed by atoms with Crippen LogP contribution in [0.5, 0.6) is 0 Å². The van der Waals surface area contributed by atoms with Crippen LogP contribution in [0.25, 0.3) is 0 Å². The summed E-state index contributed by atoms with van der Waals surface area (Å²) in [6.07, 6.45) is 7.73. The van der Waals surface area contributed by atoms with Crippen LogP contribution in [0.3, 0.4) is 0 Å². The van der Waals surface area contributed by atoms with Gasteiger partial charge in [-0.15, -0.1) is 0 Å². The summed E-state index contributed by atoms with van der Waals surface area (Å²) in [6, 6.07) is 0. The number of aromatic nitrogens is 2. The van der Waals surface area contributed by atoms with Crippen molar-refractivity contribution in [3.63, 3.8) is 0 Å². The smallest absolute Gasteiger partial charge is 0.103 e. The van der Waals surface area contributed by atoms with Crippen LogP contribution in [0.4, 0.5) is 0 Å².